The van der Waals surface area contributed by atoms with Crippen molar-refractivity contribution in [3.8, 4) is 6.07 Å². The van der Waals surface area contributed by atoms with E-state index in [2.05, 4.69) is 0 Å². The molecule has 5 heteroatoms. The summed E-state index contributed by atoms with van der Waals surface area (Å²) in [6.45, 7) is -0.116. The quantitative estimate of drug-likeness (QED) is 0.716. The van der Waals surface area contributed by atoms with Gasteiger partial charge >= 0.3 is 0 Å². The lowest BCUT2D eigenvalue weighted by atomic mass is 10.2. The third kappa shape index (κ3) is 3.35. The lowest BCUT2D eigenvalue weighted by Crippen LogP contribution is -2.28. The third-order valence-corrected chi connectivity index (χ3v) is 3.74. The number of nitriles is 1. The second kappa shape index (κ2) is 4.91. The van der Waals surface area contributed by atoms with Crippen LogP contribution in [0.15, 0.2) is 30.3 Å². The smallest absolute Gasteiger partial charge is 0.212 e. The fraction of sp³-hybridized carbons (Fsp3) is 0.300. The molecule has 0 aromatic heterocycles. The molecule has 4 nitrogen and oxygen atoms in total. The molecule has 0 bridgehead atoms. The monoisotopic (exact) mass is 224 g/mol. The molecule has 0 radical (unpaired) electrons. The molecule has 0 spiro atoms. The van der Waals surface area contributed by atoms with Crippen LogP contribution in [0, 0.1) is 11.3 Å². The number of benzene rings is 1. The zero-order chi connectivity index (χ0) is 11.3. The van der Waals surface area contributed by atoms with Crippen LogP contribution in [0.5, 0.6) is 0 Å². The molecule has 0 unspecified atom stereocenters. The molecular weight excluding hydrogens is 212 g/mol. The minimum Gasteiger partial charge on any atom is -0.212 e. The lowest BCUT2D eigenvalue weighted by Gasteiger charge is -2.13. The van der Waals surface area contributed by atoms with Gasteiger partial charge in [0.1, 0.15) is 6.54 Å². The van der Waals surface area contributed by atoms with Gasteiger partial charge in [-0.2, -0.15) is 9.57 Å². The average molecular weight is 224 g/mol. The molecule has 1 aromatic rings. The highest BCUT2D eigenvalue weighted by molar-refractivity contribution is 7.88. The summed E-state index contributed by atoms with van der Waals surface area (Å²) in [6.07, 6.45) is 0. The van der Waals surface area contributed by atoms with E-state index in [1.807, 2.05) is 6.07 Å². The van der Waals surface area contributed by atoms with E-state index < -0.39 is 10.0 Å². The van der Waals surface area contributed by atoms with Crippen molar-refractivity contribution in [3.05, 3.63) is 35.9 Å². The molecule has 0 amide bonds. The average Bonchev–Trinajstić information content (AvgIpc) is 2.19. The van der Waals surface area contributed by atoms with Gasteiger partial charge in [0.05, 0.1) is 11.8 Å². The maximum Gasteiger partial charge on any atom is 0.218 e. The molecule has 0 aliphatic heterocycles. The molecule has 0 N–H and O–H groups in total. The first-order valence-corrected chi connectivity index (χ1v) is 6.02. The topological polar surface area (TPSA) is 61.2 Å². The van der Waals surface area contributed by atoms with E-state index in [0.29, 0.717) is 0 Å². The normalized spacial score (nSPS) is 11.3. The highest BCUT2D eigenvalue weighted by atomic mass is 32.2. The van der Waals surface area contributed by atoms with Gasteiger partial charge in [0.25, 0.3) is 0 Å². The van der Waals surface area contributed by atoms with Crippen LogP contribution in [0.4, 0.5) is 0 Å². The Balaban J connectivity index is 2.78. The molecule has 0 saturated heterocycles. The van der Waals surface area contributed by atoms with Crippen LogP contribution in [0.1, 0.15) is 5.56 Å². The van der Waals surface area contributed by atoms with E-state index in [-0.39, 0.29) is 12.3 Å². The van der Waals surface area contributed by atoms with Crippen LogP contribution in [-0.4, -0.2) is 26.3 Å². The number of nitrogens with zero attached hydrogens (tertiary/aromatic N) is 2. The largest absolute Gasteiger partial charge is 0.218 e. The maximum absolute atomic E-state index is 11.7. The Kier molecular flexibility index (Phi) is 3.83. The first-order valence-electron chi connectivity index (χ1n) is 4.41. The zero-order valence-corrected chi connectivity index (χ0v) is 9.24. The van der Waals surface area contributed by atoms with Crippen molar-refractivity contribution >= 4 is 10.0 Å². The minimum absolute atomic E-state index is 0.0635. The van der Waals surface area contributed by atoms with E-state index in [1.54, 1.807) is 30.3 Å². The number of hydrogen-bond donors (Lipinski definition) is 0. The van der Waals surface area contributed by atoms with Crippen molar-refractivity contribution in [2.45, 2.75) is 5.75 Å². The first-order chi connectivity index (χ1) is 7.06. The van der Waals surface area contributed by atoms with Gasteiger partial charge in [-0.05, 0) is 5.56 Å². The zero-order valence-electron chi connectivity index (χ0n) is 8.42. The SMILES string of the molecule is CN(CC#N)S(=O)(=O)Cc1ccccc1. The second-order valence-electron chi connectivity index (χ2n) is 3.16. The highest BCUT2D eigenvalue weighted by Gasteiger charge is 2.17. The molecular formula is C10H12N2O2S. The Labute approximate surface area is 89.8 Å². The van der Waals surface area contributed by atoms with Gasteiger partial charge < -0.3 is 0 Å². The molecule has 0 heterocycles. The highest BCUT2D eigenvalue weighted by Crippen LogP contribution is 2.08. The summed E-state index contributed by atoms with van der Waals surface area (Å²) in [4.78, 5) is 0. The van der Waals surface area contributed by atoms with Crippen LogP contribution in [0.2, 0.25) is 0 Å². The van der Waals surface area contributed by atoms with E-state index in [9.17, 15) is 8.42 Å². The number of rotatable bonds is 4. The Morgan fingerprint density at radius 3 is 2.47 bits per heavy atom. The van der Waals surface area contributed by atoms with E-state index in [0.717, 1.165) is 9.87 Å². The van der Waals surface area contributed by atoms with Crippen LogP contribution < -0.4 is 0 Å². The van der Waals surface area contributed by atoms with Gasteiger partial charge in [-0.3, -0.25) is 0 Å². The molecule has 80 valence electrons. The Bertz CT molecular complexity index is 448. The molecule has 0 saturated carbocycles. The standard InChI is InChI=1S/C10H12N2O2S/c1-12(8-7-11)15(13,14)9-10-5-3-2-4-6-10/h2-6H,8-9H2,1H3. The summed E-state index contributed by atoms with van der Waals surface area (Å²) >= 11 is 0. The van der Waals surface area contributed by atoms with Gasteiger partial charge in [0.2, 0.25) is 10.0 Å². The van der Waals surface area contributed by atoms with Gasteiger partial charge in [0, 0.05) is 7.05 Å². The molecule has 0 aliphatic carbocycles. The van der Waals surface area contributed by atoms with Crippen molar-refractivity contribution in [1.29, 1.82) is 5.26 Å². The van der Waals surface area contributed by atoms with E-state index in [1.165, 1.54) is 7.05 Å². The fourth-order valence-corrected chi connectivity index (χ4v) is 2.18. The van der Waals surface area contributed by atoms with Crippen LogP contribution >= 0.6 is 0 Å². The Morgan fingerprint density at radius 1 is 1.33 bits per heavy atom. The maximum atomic E-state index is 11.7. The van der Waals surface area contributed by atoms with Crippen molar-refractivity contribution in [2.75, 3.05) is 13.6 Å². The van der Waals surface area contributed by atoms with E-state index >= 15 is 0 Å². The molecule has 15 heavy (non-hydrogen) atoms. The molecule has 0 atom stereocenters. The summed E-state index contributed by atoms with van der Waals surface area (Å²) in [7, 11) is -1.96. The number of sulfonamides is 1. The van der Waals surface area contributed by atoms with E-state index in [4.69, 9.17) is 5.26 Å². The van der Waals surface area contributed by atoms with Crippen molar-refractivity contribution in [1.82, 2.24) is 4.31 Å². The Hall–Kier alpha value is -1.38. The summed E-state index contributed by atoms with van der Waals surface area (Å²) in [5, 5.41) is 8.41. The third-order valence-electron chi connectivity index (χ3n) is 1.96. The van der Waals surface area contributed by atoms with Crippen LogP contribution in [0.25, 0.3) is 0 Å². The number of hydrogen-bond acceptors (Lipinski definition) is 3. The summed E-state index contributed by atoms with van der Waals surface area (Å²) in [5.41, 5.74) is 0.724. The second-order valence-corrected chi connectivity index (χ2v) is 5.23. The van der Waals surface area contributed by atoms with Gasteiger partial charge in [-0.15, -0.1) is 0 Å². The van der Waals surface area contributed by atoms with Crippen molar-refractivity contribution in [3.63, 3.8) is 0 Å². The summed E-state index contributed by atoms with van der Waals surface area (Å²) in [5.74, 6) is -0.0635. The molecule has 1 aromatic carbocycles. The molecule has 0 aliphatic rings. The lowest BCUT2D eigenvalue weighted by molar-refractivity contribution is 0.500. The van der Waals surface area contributed by atoms with Gasteiger partial charge in [0.15, 0.2) is 0 Å². The summed E-state index contributed by atoms with van der Waals surface area (Å²) in [6, 6.07) is 10.7. The van der Waals surface area contributed by atoms with Crippen molar-refractivity contribution in [2.24, 2.45) is 0 Å². The fourth-order valence-electron chi connectivity index (χ4n) is 1.09. The predicted octanol–water partition coefficient (Wildman–Crippen LogP) is 0.972. The molecule has 0 fully saturated rings. The van der Waals surface area contributed by atoms with Crippen LogP contribution in [-0.2, 0) is 15.8 Å². The summed E-state index contributed by atoms with van der Waals surface area (Å²) < 4.78 is 24.4. The molecule has 1 rings (SSSR count). The first kappa shape index (κ1) is 11.7. The van der Waals surface area contributed by atoms with Crippen molar-refractivity contribution < 1.29 is 8.42 Å². The van der Waals surface area contributed by atoms with Gasteiger partial charge in [-0.25, -0.2) is 8.42 Å². The minimum atomic E-state index is -3.36. The van der Waals surface area contributed by atoms with Crippen LogP contribution in [0.3, 0.4) is 0 Å². The predicted molar refractivity (Wildman–Crippen MR) is 57.3 cm³/mol. The van der Waals surface area contributed by atoms with Gasteiger partial charge in [-0.1, -0.05) is 30.3 Å². The Morgan fingerprint density at radius 2 is 1.93 bits per heavy atom.